The Morgan fingerprint density at radius 2 is 2.00 bits per heavy atom. The quantitative estimate of drug-likeness (QED) is 0.450. The van der Waals surface area contributed by atoms with Gasteiger partial charge in [0.05, 0.1) is 25.4 Å². The molecule has 66 valence electrons. The van der Waals surface area contributed by atoms with Gasteiger partial charge in [0.15, 0.2) is 0 Å². The van der Waals surface area contributed by atoms with Crippen LogP contribution in [-0.2, 0) is 4.74 Å². The predicted octanol–water partition coefficient (Wildman–Crippen LogP) is -1.26. The topological polar surface area (TPSA) is 69.9 Å². The van der Waals surface area contributed by atoms with E-state index in [0.29, 0.717) is 6.61 Å². The summed E-state index contributed by atoms with van der Waals surface area (Å²) in [5.41, 5.74) is 0. The minimum absolute atomic E-state index is 0.148. The van der Waals surface area contributed by atoms with Gasteiger partial charge < -0.3 is 20.1 Å². The predicted molar refractivity (Wildman–Crippen MR) is 38.0 cm³/mol. The molecule has 0 aromatic carbocycles. The monoisotopic (exact) mass is 162 g/mol. The Morgan fingerprint density at radius 1 is 1.36 bits per heavy atom. The van der Waals surface area contributed by atoms with Crippen LogP contribution in [0.3, 0.4) is 0 Å². The third-order valence-electron chi connectivity index (χ3n) is 2.12. The van der Waals surface area contributed by atoms with Crippen LogP contribution in [0.2, 0.25) is 0 Å². The Balaban J connectivity index is 2.52. The van der Waals surface area contributed by atoms with Gasteiger partial charge in [0.25, 0.3) is 0 Å². The number of rotatable bonds is 1. The van der Waals surface area contributed by atoms with Gasteiger partial charge in [0.1, 0.15) is 6.10 Å². The summed E-state index contributed by atoms with van der Waals surface area (Å²) in [6.45, 7) is 1.86. The van der Waals surface area contributed by atoms with Crippen LogP contribution in [0.4, 0.5) is 0 Å². The molecule has 1 fully saturated rings. The second kappa shape index (κ2) is 3.49. The molecule has 0 spiro atoms. The lowest BCUT2D eigenvalue weighted by atomic mass is 9.94. The second-order valence-corrected chi connectivity index (χ2v) is 2.96. The maximum Gasteiger partial charge on any atom is 0.106 e. The summed E-state index contributed by atoms with van der Waals surface area (Å²) in [6.07, 6.45) is -2.07. The number of aliphatic hydroxyl groups is 3. The van der Waals surface area contributed by atoms with Crippen molar-refractivity contribution < 1.29 is 20.1 Å². The number of aliphatic hydroxyl groups excluding tert-OH is 3. The van der Waals surface area contributed by atoms with Gasteiger partial charge >= 0.3 is 0 Å². The molecule has 0 radical (unpaired) electrons. The van der Waals surface area contributed by atoms with Gasteiger partial charge in [0, 0.05) is 5.92 Å². The summed E-state index contributed by atoms with van der Waals surface area (Å²) in [5, 5.41) is 27.3. The maximum absolute atomic E-state index is 9.32. The van der Waals surface area contributed by atoms with E-state index < -0.39 is 12.2 Å². The summed E-state index contributed by atoms with van der Waals surface area (Å²) in [7, 11) is 0. The van der Waals surface area contributed by atoms with Crippen molar-refractivity contribution in [3.63, 3.8) is 0 Å². The van der Waals surface area contributed by atoms with Gasteiger partial charge in [-0.1, -0.05) is 0 Å². The Kier molecular flexibility index (Phi) is 2.84. The van der Waals surface area contributed by atoms with Crippen molar-refractivity contribution in [2.75, 3.05) is 13.2 Å². The lowest BCUT2D eigenvalue weighted by Gasteiger charge is -2.35. The fraction of sp³-hybridized carbons (Fsp3) is 1.00. The molecule has 0 saturated carbocycles. The van der Waals surface area contributed by atoms with Crippen LogP contribution in [0.15, 0.2) is 0 Å². The Morgan fingerprint density at radius 3 is 2.55 bits per heavy atom. The fourth-order valence-corrected chi connectivity index (χ4v) is 1.19. The first kappa shape index (κ1) is 8.93. The normalized spacial score (nSPS) is 45.8. The van der Waals surface area contributed by atoms with E-state index in [0.717, 1.165) is 0 Å². The lowest BCUT2D eigenvalue weighted by molar-refractivity contribution is -0.165. The van der Waals surface area contributed by atoms with E-state index in [-0.39, 0.29) is 18.6 Å². The van der Waals surface area contributed by atoms with E-state index in [9.17, 15) is 10.2 Å². The van der Waals surface area contributed by atoms with E-state index in [4.69, 9.17) is 9.84 Å². The van der Waals surface area contributed by atoms with Crippen LogP contribution in [0.25, 0.3) is 0 Å². The van der Waals surface area contributed by atoms with Crippen molar-refractivity contribution in [1.82, 2.24) is 0 Å². The Bertz CT molecular complexity index is 126. The molecule has 0 amide bonds. The molecular weight excluding hydrogens is 148 g/mol. The van der Waals surface area contributed by atoms with Crippen LogP contribution >= 0.6 is 0 Å². The van der Waals surface area contributed by atoms with Crippen molar-refractivity contribution in [3.8, 4) is 0 Å². The summed E-state index contributed by atoms with van der Waals surface area (Å²) in [6, 6.07) is 0. The van der Waals surface area contributed by atoms with Gasteiger partial charge in [-0.15, -0.1) is 0 Å². The highest BCUT2D eigenvalue weighted by Crippen LogP contribution is 2.19. The first-order chi connectivity index (χ1) is 5.16. The molecule has 1 heterocycles. The Hall–Kier alpha value is -0.160. The molecule has 4 unspecified atom stereocenters. The average molecular weight is 162 g/mol. The average Bonchev–Trinajstić information content (AvgIpc) is 2.01. The number of hydrogen-bond acceptors (Lipinski definition) is 4. The molecule has 1 aliphatic rings. The van der Waals surface area contributed by atoms with Crippen LogP contribution in [0, 0.1) is 5.92 Å². The molecule has 1 aliphatic heterocycles. The molecule has 4 heteroatoms. The molecule has 4 nitrogen and oxygen atoms in total. The highest BCUT2D eigenvalue weighted by molar-refractivity contribution is 4.83. The van der Waals surface area contributed by atoms with E-state index in [1.807, 2.05) is 0 Å². The first-order valence-electron chi connectivity index (χ1n) is 3.75. The molecule has 1 rings (SSSR count). The van der Waals surface area contributed by atoms with Crippen LogP contribution in [-0.4, -0.2) is 46.8 Å². The summed E-state index contributed by atoms with van der Waals surface area (Å²) in [4.78, 5) is 0. The third kappa shape index (κ3) is 1.70. The first-order valence-corrected chi connectivity index (χ1v) is 3.75. The molecule has 0 aromatic rings. The smallest absolute Gasteiger partial charge is 0.106 e. The summed E-state index contributed by atoms with van der Waals surface area (Å²) < 4.78 is 5.09. The van der Waals surface area contributed by atoms with Crippen LogP contribution in [0.5, 0.6) is 0 Å². The number of hydrogen-bond donors (Lipinski definition) is 3. The van der Waals surface area contributed by atoms with E-state index >= 15 is 0 Å². The molecule has 0 aromatic heterocycles. The highest BCUT2D eigenvalue weighted by Gasteiger charge is 2.35. The molecule has 0 aliphatic carbocycles. The fourth-order valence-electron chi connectivity index (χ4n) is 1.19. The largest absolute Gasteiger partial charge is 0.396 e. The van der Waals surface area contributed by atoms with Crippen molar-refractivity contribution in [2.45, 2.75) is 25.2 Å². The summed E-state index contributed by atoms with van der Waals surface area (Å²) >= 11 is 0. The molecule has 1 saturated heterocycles. The standard InChI is InChI=1S/C7H14O4/c1-4-6(9)7(10)5(2-8)3-11-4/h4-10H,2-3H2,1H3. The minimum Gasteiger partial charge on any atom is -0.396 e. The Labute approximate surface area is 65.4 Å². The molecule has 3 N–H and O–H groups in total. The van der Waals surface area contributed by atoms with Crippen LogP contribution in [0.1, 0.15) is 6.92 Å². The molecule has 11 heavy (non-hydrogen) atoms. The summed E-state index contributed by atoms with van der Waals surface area (Å²) in [5.74, 6) is -0.346. The second-order valence-electron chi connectivity index (χ2n) is 2.96. The molecular formula is C7H14O4. The van der Waals surface area contributed by atoms with E-state index in [1.54, 1.807) is 6.92 Å². The lowest BCUT2D eigenvalue weighted by Crippen LogP contribution is -2.49. The van der Waals surface area contributed by atoms with Crippen LogP contribution < -0.4 is 0 Å². The van der Waals surface area contributed by atoms with Gasteiger partial charge in [0.2, 0.25) is 0 Å². The zero-order valence-electron chi connectivity index (χ0n) is 6.47. The molecule has 4 atom stereocenters. The minimum atomic E-state index is -0.874. The number of ether oxygens (including phenoxy) is 1. The van der Waals surface area contributed by atoms with Gasteiger partial charge in [-0.25, -0.2) is 0 Å². The van der Waals surface area contributed by atoms with Gasteiger partial charge in [-0.3, -0.25) is 0 Å². The zero-order chi connectivity index (χ0) is 8.43. The van der Waals surface area contributed by atoms with Crippen molar-refractivity contribution >= 4 is 0 Å². The maximum atomic E-state index is 9.32. The SMILES string of the molecule is CC1OCC(CO)C(O)C1O. The van der Waals surface area contributed by atoms with Gasteiger partial charge in [-0.05, 0) is 6.92 Å². The zero-order valence-corrected chi connectivity index (χ0v) is 6.47. The van der Waals surface area contributed by atoms with E-state index in [2.05, 4.69) is 0 Å². The van der Waals surface area contributed by atoms with Crippen molar-refractivity contribution in [1.29, 1.82) is 0 Å². The molecule has 0 bridgehead atoms. The van der Waals surface area contributed by atoms with Crippen molar-refractivity contribution in [2.24, 2.45) is 5.92 Å². The van der Waals surface area contributed by atoms with Gasteiger partial charge in [-0.2, -0.15) is 0 Å². The third-order valence-corrected chi connectivity index (χ3v) is 2.12. The highest BCUT2D eigenvalue weighted by atomic mass is 16.5. The van der Waals surface area contributed by atoms with E-state index in [1.165, 1.54) is 0 Å². The van der Waals surface area contributed by atoms with Crippen molar-refractivity contribution in [3.05, 3.63) is 0 Å².